The zero-order valence-corrected chi connectivity index (χ0v) is 24.8. The summed E-state index contributed by atoms with van der Waals surface area (Å²) in [6.45, 7) is 2.77. The number of carbonyl (C=O) groups is 1. The van der Waals surface area contributed by atoms with E-state index in [1.165, 1.54) is 10.6 Å². The van der Waals surface area contributed by atoms with E-state index in [1.807, 2.05) is 61.6 Å². The predicted molar refractivity (Wildman–Crippen MR) is 166 cm³/mol. The molecule has 44 heavy (non-hydrogen) atoms. The van der Waals surface area contributed by atoms with Crippen LogP contribution >= 0.6 is 0 Å². The van der Waals surface area contributed by atoms with Crippen LogP contribution in [0.2, 0.25) is 0 Å². The highest BCUT2D eigenvalue weighted by molar-refractivity contribution is 5.90. The van der Waals surface area contributed by atoms with Crippen molar-refractivity contribution in [1.82, 2.24) is 13.9 Å². The molecular weight excluding hydrogens is 554 g/mol. The normalized spacial score (nSPS) is 10.9. The molecule has 0 aliphatic rings. The molecule has 220 valence electrons. The van der Waals surface area contributed by atoms with E-state index in [0.29, 0.717) is 40.3 Å². The maximum absolute atomic E-state index is 14.2. The smallest absolute Gasteiger partial charge is 0.345 e. The van der Waals surface area contributed by atoms with Crippen molar-refractivity contribution in [2.75, 3.05) is 20.8 Å². The minimum absolute atomic E-state index is 0.0898. The van der Waals surface area contributed by atoms with Crippen molar-refractivity contribution in [3.05, 3.63) is 129 Å². The molecule has 0 radical (unpaired) electrons. The van der Waals surface area contributed by atoms with Crippen molar-refractivity contribution in [2.24, 2.45) is 0 Å². The fourth-order valence-electron chi connectivity index (χ4n) is 5.44. The molecule has 0 aliphatic carbocycles. The van der Waals surface area contributed by atoms with Gasteiger partial charge in [0.25, 0.3) is 5.56 Å². The molecule has 2 aromatic heterocycles. The summed E-state index contributed by atoms with van der Waals surface area (Å²) in [6, 6.07) is 28.9. The van der Waals surface area contributed by atoms with Crippen LogP contribution in [0.1, 0.15) is 45.2 Å². The largest absolute Gasteiger partial charge is 0.497 e. The summed E-state index contributed by atoms with van der Waals surface area (Å²) in [5, 5.41) is 20.4. The van der Waals surface area contributed by atoms with E-state index in [-0.39, 0.29) is 30.8 Å². The third-order valence-corrected chi connectivity index (χ3v) is 7.41. The molecule has 0 unspecified atom stereocenters. The number of esters is 1. The van der Waals surface area contributed by atoms with Crippen LogP contribution in [0.3, 0.4) is 0 Å². The van der Waals surface area contributed by atoms with Crippen molar-refractivity contribution in [3.63, 3.8) is 0 Å². The number of aromatic nitrogens is 2. The lowest BCUT2D eigenvalue weighted by atomic mass is 10.0. The molecule has 0 bridgehead atoms. The Balaban J connectivity index is 1.83. The van der Waals surface area contributed by atoms with Gasteiger partial charge >= 0.3 is 5.97 Å². The van der Waals surface area contributed by atoms with Gasteiger partial charge in [0.1, 0.15) is 28.6 Å². The zero-order valence-electron chi connectivity index (χ0n) is 24.8. The van der Waals surface area contributed by atoms with Crippen LogP contribution in [-0.2, 0) is 24.4 Å². The van der Waals surface area contributed by atoms with E-state index in [9.17, 15) is 20.1 Å². The van der Waals surface area contributed by atoms with Gasteiger partial charge in [-0.15, -0.1) is 0 Å². The van der Waals surface area contributed by atoms with Crippen LogP contribution < -0.4 is 10.3 Å². The number of hydrogen-bond donors (Lipinski definition) is 0. The van der Waals surface area contributed by atoms with E-state index in [1.54, 1.807) is 42.9 Å². The number of rotatable bonds is 10. The summed E-state index contributed by atoms with van der Waals surface area (Å²) in [4.78, 5) is 29.4. The minimum Gasteiger partial charge on any atom is -0.497 e. The van der Waals surface area contributed by atoms with E-state index >= 15 is 0 Å². The number of carbonyl (C=O) groups excluding carboxylic acids is 1. The molecule has 9 heteroatoms. The van der Waals surface area contributed by atoms with Gasteiger partial charge in [0.15, 0.2) is 0 Å². The second-order valence-electron chi connectivity index (χ2n) is 10.3. The molecule has 2 heterocycles. The average molecular weight is 586 g/mol. The van der Waals surface area contributed by atoms with Crippen molar-refractivity contribution in [3.8, 4) is 29.0 Å². The second kappa shape index (κ2) is 13.1. The number of fused-ring (bicyclic) bond motifs is 1. The van der Waals surface area contributed by atoms with Crippen LogP contribution in [0.15, 0.2) is 89.9 Å². The SMILES string of the molecule is CCOC(=O)c1cn(Cc2ccccc2C#N)c2c(C#N)c(-c3ccc(OC)cc3)c(CN(C)Cc3ccccc3)n2c1=O. The molecular formula is C35H31N5O4. The highest BCUT2D eigenvalue weighted by Gasteiger charge is 2.28. The quantitative estimate of drug-likeness (QED) is 0.202. The van der Waals surface area contributed by atoms with Crippen LogP contribution in [0.5, 0.6) is 5.75 Å². The third kappa shape index (κ3) is 5.82. The molecule has 5 rings (SSSR count). The molecule has 5 aromatic rings. The van der Waals surface area contributed by atoms with E-state index < -0.39 is 11.5 Å². The first kappa shape index (κ1) is 29.8. The molecule has 0 N–H and O–H groups in total. The summed E-state index contributed by atoms with van der Waals surface area (Å²) >= 11 is 0. The first-order chi connectivity index (χ1) is 21.4. The summed E-state index contributed by atoms with van der Waals surface area (Å²) in [5.74, 6) is -0.112. The number of benzene rings is 3. The third-order valence-electron chi connectivity index (χ3n) is 7.41. The van der Waals surface area contributed by atoms with E-state index in [0.717, 1.165) is 11.1 Å². The Labute approximate surface area is 255 Å². The van der Waals surface area contributed by atoms with Gasteiger partial charge in [-0.25, -0.2) is 4.79 Å². The maximum atomic E-state index is 14.2. The monoisotopic (exact) mass is 585 g/mol. The Morgan fingerprint density at radius 3 is 2.30 bits per heavy atom. The minimum atomic E-state index is -0.761. The van der Waals surface area contributed by atoms with Crippen LogP contribution in [0, 0.1) is 22.7 Å². The van der Waals surface area contributed by atoms with Crippen LogP contribution in [-0.4, -0.2) is 40.6 Å². The Morgan fingerprint density at radius 1 is 0.932 bits per heavy atom. The Bertz CT molecular complexity index is 1960. The lowest BCUT2D eigenvalue weighted by Gasteiger charge is -2.19. The molecule has 0 saturated heterocycles. The van der Waals surface area contributed by atoms with Gasteiger partial charge < -0.3 is 14.0 Å². The molecule has 0 aliphatic heterocycles. The number of nitrogens with zero attached hydrogens (tertiary/aromatic N) is 5. The molecule has 0 atom stereocenters. The van der Waals surface area contributed by atoms with Gasteiger partial charge in [0.2, 0.25) is 0 Å². The van der Waals surface area contributed by atoms with Crippen LogP contribution in [0.25, 0.3) is 16.8 Å². The molecule has 0 spiro atoms. The molecule has 3 aromatic carbocycles. The lowest BCUT2D eigenvalue weighted by molar-refractivity contribution is 0.0523. The van der Waals surface area contributed by atoms with E-state index in [4.69, 9.17) is 9.47 Å². The maximum Gasteiger partial charge on any atom is 0.345 e. The molecule has 9 nitrogen and oxygen atoms in total. The lowest BCUT2D eigenvalue weighted by Crippen LogP contribution is -2.29. The van der Waals surface area contributed by atoms with Gasteiger partial charge in [-0.2, -0.15) is 10.5 Å². The van der Waals surface area contributed by atoms with E-state index in [2.05, 4.69) is 17.0 Å². The zero-order chi connectivity index (χ0) is 31.2. The highest BCUT2D eigenvalue weighted by Crippen LogP contribution is 2.35. The van der Waals surface area contributed by atoms with Crippen molar-refractivity contribution in [2.45, 2.75) is 26.6 Å². The van der Waals surface area contributed by atoms with Gasteiger partial charge in [-0.1, -0.05) is 60.7 Å². The van der Waals surface area contributed by atoms with Gasteiger partial charge in [0.05, 0.1) is 37.6 Å². The number of methoxy groups -OCH3 is 1. The summed E-state index contributed by atoms with van der Waals surface area (Å²) in [6.07, 6.45) is 1.43. The first-order valence-corrected chi connectivity index (χ1v) is 14.1. The summed E-state index contributed by atoms with van der Waals surface area (Å²) in [7, 11) is 3.52. The Morgan fingerprint density at radius 2 is 1.64 bits per heavy atom. The predicted octanol–water partition coefficient (Wildman–Crippen LogP) is 5.38. The van der Waals surface area contributed by atoms with Crippen molar-refractivity contribution >= 4 is 11.6 Å². The number of ether oxygens (including phenoxy) is 2. The second-order valence-corrected chi connectivity index (χ2v) is 10.3. The fraction of sp³-hybridized carbons (Fsp3) is 0.200. The fourth-order valence-corrected chi connectivity index (χ4v) is 5.44. The number of nitriles is 2. The van der Waals surface area contributed by atoms with Crippen LogP contribution in [0.4, 0.5) is 0 Å². The average Bonchev–Trinajstić information content (AvgIpc) is 3.37. The summed E-state index contributed by atoms with van der Waals surface area (Å²) < 4.78 is 13.8. The number of hydrogen-bond acceptors (Lipinski definition) is 7. The molecule has 0 saturated carbocycles. The highest BCUT2D eigenvalue weighted by atomic mass is 16.5. The van der Waals surface area contributed by atoms with Gasteiger partial charge in [0, 0.05) is 24.8 Å². The first-order valence-electron chi connectivity index (χ1n) is 14.1. The molecule has 0 amide bonds. The topological polar surface area (TPSA) is 113 Å². The van der Waals surface area contributed by atoms with Crippen molar-refractivity contribution < 1.29 is 14.3 Å². The van der Waals surface area contributed by atoms with Crippen molar-refractivity contribution in [1.29, 1.82) is 10.5 Å². The van der Waals surface area contributed by atoms with Gasteiger partial charge in [-0.3, -0.25) is 14.1 Å². The Kier molecular flexibility index (Phi) is 8.90. The van der Waals surface area contributed by atoms with Gasteiger partial charge in [-0.05, 0) is 48.9 Å². The summed E-state index contributed by atoms with van der Waals surface area (Å²) in [5.41, 5.74) is 3.92. The standard InChI is InChI=1S/C35H31N5O4/c1-4-44-35(42)30-22-39(21-27-13-9-8-12-26(27)18-36)33-29(19-37)32(25-14-16-28(43-3)17-15-25)31(40(33)34(30)41)23-38(2)20-24-10-6-5-7-11-24/h5-17,22H,4,20-21,23H2,1-3H3. The molecule has 0 fully saturated rings. The Hall–Kier alpha value is -5.64.